The van der Waals surface area contributed by atoms with Gasteiger partial charge in [0.05, 0.1) is 13.2 Å². The van der Waals surface area contributed by atoms with Crippen LogP contribution in [0.1, 0.15) is 64.0 Å². The predicted molar refractivity (Wildman–Crippen MR) is 118 cm³/mol. The summed E-state index contributed by atoms with van der Waals surface area (Å²) < 4.78 is 5.48. The zero-order valence-corrected chi connectivity index (χ0v) is 17.9. The number of fused-ring (bicyclic) bond motifs is 1. The van der Waals surface area contributed by atoms with Gasteiger partial charge in [-0.2, -0.15) is 0 Å². The Hall–Kier alpha value is -1.29. The number of aliphatic hydroxyl groups excluding tert-OH is 1. The minimum atomic E-state index is -0.478. The Balaban J connectivity index is 0.00000364. The number of aliphatic hydroxyl groups is 1. The average Bonchev–Trinajstić information content (AvgIpc) is 2.67. The van der Waals surface area contributed by atoms with Crippen LogP contribution in [0.25, 0.3) is 10.8 Å². The molecule has 0 aliphatic carbocycles. The number of methoxy groups -OCH3 is 1. The molecule has 2 rings (SSSR count). The maximum Gasteiger partial charge on any atom is 0.126 e. The molecule has 1 atom stereocenters. The second kappa shape index (κ2) is 13.0. The number of benzene rings is 2. The van der Waals surface area contributed by atoms with Gasteiger partial charge in [0, 0.05) is 11.9 Å². The van der Waals surface area contributed by atoms with Gasteiger partial charge in [0.1, 0.15) is 5.75 Å². The average molecular weight is 394 g/mol. The van der Waals surface area contributed by atoms with Crippen molar-refractivity contribution in [3.05, 3.63) is 42.0 Å². The van der Waals surface area contributed by atoms with E-state index in [4.69, 9.17) is 4.74 Å². The van der Waals surface area contributed by atoms with E-state index in [-0.39, 0.29) is 12.4 Å². The molecule has 0 radical (unpaired) electrons. The van der Waals surface area contributed by atoms with Gasteiger partial charge in [-0.1, -0.05) is 69.9 Å². The summed E-state index contributed by atoms with van der Waals surface area (Å²) in [5, 5.41) is 13.1. The minimum Gasteiger partial charge on any atom is -0.496 e. The molecule has 2 aromatic rings. The van der Waals surface area contributed by atoms with Gasteiger partial charge in [-0.15, -0.1) is 12.4 Å². The monoisotopic (exact) mass is 393 g/mol. The third-order valence-corrected chi connectivity index (χ3v) is 5.08. The molecular formula is C23H36ClNO2. The quantitative estimate of drug-likeness (QED) is 0.450. The molecule has 0 saturated carbocycles. The molecule has 152 valence electrons. The molecule has 0 heterocycles. The van der Waals surface area contributed by atoms with E-state index < -0.39 is 6.10 Å². The van der Waals surface area contributed by atoms with Gasteiger partial charge in [0.25, 0.3) is 0 Å². The Morgan fingerprint density at radius 1 is 0.889 bits per heavy atom. The number of unbranched alkanes of at least 4 members (excludes halogenated alkanes) is 4. The van der Waals surface area contributed by atoms with E-state index in [1.54, 1.807) is 7.11 Å². The summed E-state index contributed by atoms with van der Waals surface area (Å²) in [6, 6.07) is 12.2. The van der Waals surface area contributed by atoms with Gasteiger partial charge in [0.15, 0.2) is 0 Å². The first-order valence-corrected chi connectivity index (χ1v) is 10.2. The van der Waals surface area contributed by atoms with Crippen molar-refractivity contribution >= 4 is 23.2 Å². The smallest absolute Gasteiger partial charge is 0.126 e. The Morgan fingerprint density at radius 2 is 1.48 bits per heavy atom. The zero-order chi connectivity index (χ0) is 18.8. The van der Waals surface area contributed by atoms with Crippen LogP contribution in [0.2, 0.25) is 0 Å². The fourth-order valence-corrected chi connectivity index (χ4v) is 3.57. The highest BCUT2D eigenvalue weighted by Gasteiger charge is 2.17. The Labute approximate surface area is 171 Å². The van der Waals surface area contributed by atoms with Crippen LogP contribution in [0.15, 0.2) is 36.4 Å². The second-order valence-electron chi connectivity index (χ2n) is 7.13. The number of nitrogens with zero attached hydrogens (tertiary/aromatic N) is 1. The van der Waals surface area contributed by atoms with E-state index in [9.17, 15) is 5.11 Å². The van der Waals surface area contributed by atoms with Crippen LogP contribution >= 0.6 is 12.4 Å². The summed E-state index contributed by atoms with van der Waals surface area (Å²) >= 11 is 0. The molecule has 0 spiro atoms. The van der Waals surface area contributed by atoms with Crippen molar-refractivity contribution in [2.45, 2.75) is 58.5 Å². The third kappa shape index (κ3) is 6.99. The SMILES string of the molecule is CCCCCN(CCCCC)CC(O)c1ccc(OC)c2ccccc12.Cl. The topological polar surface area (TPSA) is 32.7 Å². The van der Waals surface area contributed by atoms with Crippen molar-refractivity contribution in [1.29, 1.82) is 0 Å². The van der Waals surface area contributed by atoms with Crippen molar-refractivity contribution in [3.8, 4) is 5.75 Å². The summed E-state index contributed by atoms with van der Waals surface area (Å²) in [6.07, 6.45) is 6.91. The van der Waals surface area contributed by atoms with Gasteiger partial charge in [-0.3, -0.25) is 0 Å². The summed E-state index contributed by atoms with van der Waals surface area (Å²) in [4.78, 5) is 2.44. The first-order chi connectivity index (χ1) is 12.7. The van der Waals surface area contributed by atoms with Gasteiger partial charge in [-0.05, 0) is 42.9 Å². The van der Waals surface area contributed by atoms with Crippen LogP contribution in [0.5, 0.6) is 5.75 Å². The third-order valence-electron chi connectivity index (χ3n) is 5.08. The van der Waals surface area contributed by atoms with E-state index >= 15 is 0 Å². The van der Waals surface area contributed by atoms with Gasteiger partial charge < -0.3 is 14.7 Å². The highest BCUT2D eigenvalue weighted by Crippen LogP contribution is 2.31. The van der Waals surface area contributed by atoms with Crippen LogP contribution in [0.4, 0.5) is 0 Å². The number of hydrogen-bond acceptors (Lipinski definition) is 3. The molecule has 0 saturated heterocycles. The fourth-order valence-electron chi connectivity index (χ4n) is 3.57. The zero-order valence-electron chi connectivity index (χ0n) is 17.1. The lowest BCUT2D eigenvalue weighted by Crippen LogP contribution is -2.31. The van der Waals surface area contributed by atoms with Crippen LogP contribution < -0.4 is 4.74 Å². The Kier molecular flexibility index (Phi) is 11.4. The molecule has 4 heteroatoms. The van der Waals surface area contributed by atoms with E-state index in [0.717, 1.165) is 35.2 Å². The Bertz CT molecular complexity index is 652. The molecule has 3 nitrogen and oxygen atoms in total. The van der Waals surface area contributed by atoms with Crippen molar-refractivity contribution in [2.24, 2.45) is 0 Å². The normalized spacial score (nSPS) is 12.2. The van der Waals surface area contributed by atoms with Crippen molar-refractivity contribution in [1.82, 2.24) is 4.90 Å². The molecule has 0 fully saturated rings. The molecule has 0 aromatic heterocycles. The Morgan fingerprint density at radius 3 is 2.04 bits per heavy atom. The van der Waals surface area contributed by atoms with E-state index in [1.165, 1.54) is 38.5 Å². The molecular weight excluding hydrogens is 358 g/mol. The lowest BCUT2D eigenvalue weighted by molar-refractivity contribution is 0.111. The fraction of sp³-hybridized carbons (Fsp3) is 0.565. The largest absolute Gasteiger partial charge is 0.496 e. The van der Waals surface area contributed by atoms with Gasteiger partial charge in [0.2, 0.25) is 0 Å². The number of ether oxygens (including phenoxy) is 1. The molecule has 0 amide bonds. The van der Waals surface area contributed by atoms with Crippen molar-refractivity contribution < 1.29 is 9.84 Å². The maximum atomic E-state index is 11.0. The lowest BCUT2D eigenvalue weighted by atomic mass is 9.99. The van der Waals surface area contributed by atoms with E-state index in [1.807, 2.05) is 24.3 Å². The predicted octanol–water partition coefficient (Wildman–Crippen LogP) is 5.99. The van der Waals surface area contributed by atoms with Crippen LogP contribution in [-0.2, 0) is 0 Å². The van der Waals surface area contributed by atoms with Crippen molar-refractivity contribution in [2.75, 3.05) is 26.7 Å². The van der Waals surface area contributed by atoms with E-state index in [0.29, 0.717) is 6.54 Å². The molecule has 0 aliphatic heterocycles. The summed E-state index contributed by atoms with van der Waals surface area (Å²) in [5.41, 5.74) is 0.998. The highest BCUT2D eigenvalue weighted by molar-refractivity contribution is 5.91. The molecule has 0 aliphatic rings. The van der Waals surface area contributed by atoms with Crippen LogP contribution in [0.3, 0.4) is 0 Å². The van der Waals surface area contributed by atoms with Crippen LogP contribution in [-0.4, -0.2) is 36.8 Å². The minimum absolute atomic E-state index is 0. The molecule has 0 bridgehead atoms. The number of halogens is 1. The molecule has 2 aromatic carbocycles. The first-order valence-electron chi connectivity index (χ1n) is 10.2. The first kappa shape index (κ1) is 23.7. The lowest BCUT2D eigenvalue weighted by Gasteiger charge is -2.26. The standard InChI is InChI=1S/C23H35NO2.ClH/c1-4-6-10-16-24(17-11-7-5-2)18-22(25)20-14-15-23(26-3)21-13-9-8-12-19(20)21;/h8-9,12-15,22,25H,4-7,10-11,16-18H2,1-3H3;1H. The van der Waals surface area contributed by atoms with Gasteiger partial charge in [-0.25, -0.2) is 0 Å². The number of rotatable bonds is 12. The van der Waals surface area contributed by atoms with Crippen molar-refractivity contribution in [3.63, 3.8) is 0 Å². The number of hydrogen-bond donors (Lipinski definition) is 1. The molecule has 27 heavy (non-hydrogen) atoms. The van der Waals surface area contributed by atoms with E-state index in [2.05, 4.69) is 30.9 Å². The molecule has 1 N–H and O–H groups in total. The summed E-state index contributed by atoms with van der Waals surface area (Å²) in [5.74, 6) is 0.860. The molecule has 1 unspecified atom stereocenters. The maximum absolute atomic E-state index is 11.0. The summed E-state index contributed by atoms with van der Waals surface area (Å²) in [7, 11) is 1.70. The van der Waals surface area contributed by atoms with Gasteiger partial charge >= 0.3 is 0 Å². The van der Waals surface area contributed by atoms with Crippen LogP contribution in [0, 0.1) is 0 Å². The summed E-state index contributed by atoms with van der Waals surface area (Å²) in [6.45, 7) is 7.31. The highest BCUT2D eigenvalue weighted by atomic mass is 35.5. The second-order valence-corrected chi connectivity index (χ2v) is 7.13.